The van der Waals surface area contributed by atoms with Crippen molar-refractivity contribution < 1.29 is 4.42 Å². The van der Waals surface area contributed by atoms with Gasteiger partial charge in [-0.25, -0.2) is 0 Å². The molecule has 19 heavy (non-hydrogen) atoms. The van der Waals surface area contributed by atoms with Gasteiger partial charge in [-0.05, 0) is 48.3 Å². The van der Waals surface area contributed by atoms with Crippen LogP contribution in [-0.4, -0.2) is 48.1 Å². The van der Waals surface area contributed by atoms with Crippen molar-refractivity contribution >= 4 is 15.9 Å². The van der Waals surface area contributed by atoms with Crippen LogP contribution in [-0.2, 0) is 0 Å². The molecule has 3 atom stereocenters. The van der Waals surface area contributed by atoms with E-state index in [0.717, 1.165) is 23.3 Å². The number of furan rings is 1. The first-order valence-electron chi connectivity index (χ1n) is 7.13. The molecule has 0 amide bonds. The molecule has 1 aromatic heterocycles. The molecular weight excluding hydrogens is 306 g/mol. The maximum absolute atomic E-state index is 6.03. The van der Waals surface area contributed by atoms with E-state index in [1.807, 2.05) is 6.07 Å². The zero-order chi connectivity index (χ0) is 13.4. The monoisotopic (exact) mass is 327 g/mol. The third-order valence-corrected chi connectivity index (χ3v) is 5.21. The van der Waals surface area contributed by atoms with Crippen LogP contribution in [0.3, 0.4) is 0 Å². The number of hydrogen-bond donors (Lipinski definition) is 1. The molecule has 106 valence electrons. The van der Waals surface area contributed by atoms with E-state index in [0.29, 0.717) is 18.6 Å². The highest BCUT2D eigenvalue weighted by atomic mass is 79.9. The predicted molar refractivity (Wildman–Crippen MR) is 79.0 cm³/mol. The highest BCUT2D eigenvalue weighted by Crippen LogP contribution is 2.34. The average molecular weight is 328 g/mol. The van der Waals surface area contributed by atoms with Crippen molar-refractivity contribution in [1.82, 2.24) is 9.80 Å². The summed E-state index contributed by atoms with van der Waals surface area (Å²) in [6.45, 7) is 6.42. The molecule has 2 fully saturated rings. The van der Waals surface area contributed by atoms with Crippen molar-refractivity contribution in [3.8, 4) is 0 Å². The van der Waals surface area contributed by atoms with Crippen LogP contribution in [0.25, 0.3) is 0 Å². The van der Waals surface area contributed by atoms with E-state index in [1.54, 1.807) is 6.26 Å². The van der Waals surface area contributed by atoms with Crippen molar-refractivity contribution in [2.45, 2.75) is 37.9 Å². The highest BCUT2D eigenvalue weighted by Gasteiger charge is 2.38. The Morgan fingerprint density at radius 2 is 2.37 bits per heavy atom. The number of nitrogens with zero attached hydrogens (tertiary/aromatic N) is 2. The first kappa shape index (κ1) is 13.6. The molecule has 2 saturated heterocycles. The second-order valence-electron chi connectivity index (χ2n) is 5.72. The Balaban J connectivity index is 1.81. The topological polar surface area (TPSA) is 45.6 Å². The molecule has 4 nitrogen and oxygen atoms in total. The molecule has 3 heterocycles. The molecule has 0 spiro atoms. The van der Waals surface area contributed by atoms with Crippen molar-refractivity contribution in [2.75, 3.05) is 26.2 Å². The van der Waals surface area contributed by atoms with Gasteiger partial charge in [0.2, 0.25) is 0 Å². The lowest BCUT2D eigenvalue weighted by Gasteiger charge is -2.45. The van der Waals surface area contributed by atoms with E-state index in [-0.39, 0.29) is 6.04 Å². The van der Waals surface area contributed by atoms with Gasteiger partial charge in [0.25, 0.3) is 0 Å². The van der Waals surface area contributed by atoms with Crippen LogP contribution in [0, 0.1) is 0 Å². The Bertz CT molecular complexity index is 436. The largest absolute Gasteiger partial charge is 0.466 e. The Morgan fingerprint density at radius 3 is 3.05 bits per heavy atom. The van der Waals surface area contributed by atoms with E-state index in [4.69, 9.17) is 10.2 Å². The van der Waals surface area contributed by atoms with Crippen LogP contribution in [0.2, 0.25) is 0 Å². The summed E-state index contributed by atoms with van der Waals surface area (Å²) in [5.74, 6) is 0.973. The number of halogens is 1. The highest BCUT2D eigenvalue weighted by molar-refractivity contribution is 9.10. The standard InChI is InChI=1S/C14H22BrN3O/c1-10-8-17-5-2-3-11(17)9-18(10)13(7-16)14-12(15)4-6-19-14/h4,6,10-11,13H,2-3,5,7-9,16H2,1H3. The van der Waals surface area contributed by atoms with Crippen molar-refractivity contribution in [2.24, 2.45) is 5.73 Å². The number of nitrogens with two attached hydrogens (primary N) is 1. The van der Waals surface area contributed by atoms with E-state index in [1.165, 1.54) is 19.4 Å². The molecule has 3 rings (SSSR count). The SMILES string of the molecule is CC1CN2CCCC2CN1C(CN)c1occc1Br. The van der Waals surface area contributed by atoms with Crippen molar-refractivity contribution in [1.29, 1.82) is 0 Å². The van der Waals surface area contributed by atoms with Gasteiger partial charge >= 0.3 is 0 Å². The van der Waals surface area contributed by atoms with Gasteiger partial charge < -0.3 is 10.2 Å². The van der Waals surface area contributed by atoms with Crippen molar-refractivity contribution in [3.63, 3.8) is 0 Å². The molecule has 3 unspecified atom stereocenters. The lowest BCUT2D eigenvalue weighted by Crippen LogP contribution is -2.56. The van der Waals surface area contributed by atoms with Crippen LogP contribution in [0.4, 0.5) is 0 Å². The maximum Gasteiger partial charge on any atom is 0.136 e. The Morgan fingerprint density at radius 1 is 1.53 bits per heavy atom. The van der Waals surface area contributed by atoms with Crippen LogP contribution < -0.4 is 5.73 Å². The summed E-state index contributed by atoms with van der Waals surface area (Å²) in [4.78, 5) is 5.15. The van der Waals surface area contributed by atoms with Gasteiger partial charge in [-0.2, -0.15) is 0 Å². The minimum Gasteiger partial charge on any atom is -0.466 e. The molecule has 0 bridgehead atoms. The molecule has 0 radical (unpaired) electrons. The number of piperazine rings is 1. The fourth-order valence-corrected chi connectivity index (χ4v) is 4.05. The Labute approximate surface area is 123 Å². The minimum atomic E-state index is 0.183. The predicted octanol–water partition coefficient (Wildman–Crippen LogP) is 2.21. The lowest BCUT2D eigenvalue weighted by molar-refractivity contribution is 0.0230. The maximum atomic E-state index is 6.03. The van der Waals surface area contributed by atoms with Crippen LogP contribution in [0.15, 0.2) is 21.2 Å². The minimum absolute atomic E-state index is 0.183. The third-order valence-electron chi connectivity index (χ3n) is 4.56. The van der Waals surface area contributed by atoms with Crippen LogP contribution in [0.1, 0.15) is 31.6 Å². The summed E-state index contributed by atoms with van der Waals surface area (Å²) in [7, 11) is 0. The summed E-state index contributed by atoms with van der Waals surface area (Å²) >= 11 is 3.56. The molecule has 0 aliphatic carbocycles. The first-order valence-corrected chi connectivity index (χ1v) is 7.92. The molecule has 5 heteroatoms. The molecule has 2 N–H and O–H groups in total. The van der Waals surface area contributed by atoms with E-state index in [2.05, 4.69) is 32.7 Å². The van der Waals surface area contributed by atoms with E-state index in [9.17, 15) is 0 Å². The fraction of sp³-hybridized carbons (Fsp3) is 0.714. The second kappa shape index (κ2) is 5.56. The molecule has 1 aromatic rings. The third kappa shape index (κ3) is 2.49. The van der Waals surface area contributed by atoms with Crippen LogP contribution >= 0.6 is 15.9 Å². The normalized spacial score (nSPS) is 30.5. The zero-order valence-corrected chi connectivity index (χ0v) is 13.0. The van der Waals surface area contributed by atoms with Gasteiger partial charge in [-0.3, -0.25) is 9.80 Å². The van der Waals surface area contributed by atoms with E-state index < -0.39 is 0 Å². The Hall–Kier alpha value is -0.360. The average Bonchev–Trinajstić information content (AvgIpc) is 3.00. The molecular formula is C14H22BrN3O. The molecule has 2 aliphatic rings. The second-order valence-corrected chi connectivity index (χ2v) is 6.58. The number of hydrogen-bond acceptors (Lipinski definition) is 4. The molecule has 2 aliphatic heterocycles. The van der Waals surface area contributed by atoms with E-state index >= 15 is 0 Å². The first-order chi connectivity index (χ1) is 9.20. The van der Waals surface area contributed by atoms with Gasteiger partial charge in [0.1, 0.15) is 5.76 Å². The molecule has 0 aromatic carbocycles. The summed E-state index contributed by atoms with van der Waals surface area (Å²) < 4.78 is 6.68. The summed E-state index contributed by atoms with van der Waals surface area (Å²) in [6, 6.07) is 3.37. The number of rotatable bonds is 3. The van der Waals surface area contributed by atoms with Gasteiger partial charge in [0.15, 0.2) is 0 Å². The van der Waals surface area contributed by atoms with Crippen LogP contribution in [0.5, 0.6) is 0 Å². The zero-order valence-electron chi connectivity index (χ0n) is 11.4. The summed E-state index contributed by atoms with van der Waals surface area (Å²) in [5, 5.41) is 0. The van der Waals surface area contributed by atoms with Gasteiger partial charge in [-0.1, -0.05) is 0 Å². The summed E-state index contributed by atoms with van der Waals surface area (Å²) in [5.41, 5.74) is 6.03. The van der Waals surface area contributed by atoms with Crippen molar-refractivity contribution in [3.05, 3.63) is 22.6 Å². The fourth-order valence-electron chi connectivity index (χ4n) is 3.58. The lowest BCUT2D eigenvalue weighted by atomic mass is 10.0. The van der Waals surface area contributed by atoms with Gasteiger partial charge in [0, 0.05) is 31.7 Å². The summed E-state index contributed by atoms with van der Waals surface area (Å²) in [6.07, 6.45) is 4.39. The van der Waals surface area contributed by atoms with Gasteiger partial charge in [0.05, 0.1) is 16.8 Å². The number of fused-ring (bicyclic) bond motifs is 1. The quantitative estimate of drug-likeness (QED) is 0.924. The Kier molecular flexibility index (Phi) is 3.98. The molecule has 0 saturated carbocycles. The smallest absolute Gasteiger partial charge is 0.136 e. The van der Waals surface area contributed by atoms with Gasteiger partial charge in [-0.15, -0.1) is 0 Å².